The number of carbonyl (C=O) groups is 1. The Kier molecular flexibility index (Phi) is 4.76. The van der Waals surface area contributed by atoms with Gasteiger partial charge in [-0.25, -0.2) is 0 Å². The molecule has 3 N–H and O–H groups in total. The summed E-state index contributed by atoms with van der Waals surface area (Å²) >= 11 is 0. The number of nitrogens with one attached hydrogen (secondary N) is 1. The van der Waals surface area contributed by atoms with Gasteiger partial charge in [0.15, 0.2) is 0 Å². The van der Waals surface area contributed by atoms with Gasteiger partial charge in [0.25, 0.3) is 0 Å². The lowest BCUT2D eigenvalue weighted by Gasteiger charge is -2.24. The molecule has 0 aliphatic carbocycles. The zero-order valence-corrected chi connectivity index (χ0v) is 12.6. The highest BCUT2D eigenvalue weighted by Gasteiger charge is 2.30. The van der Waals surface area contributed by atoms with Crippen molar-refractivity contribution in [1.29, 1.82) is 0 Å². The molecule has 3 heteroatoms. The summed E-state index contributed by atoms with van der Waals surface area (Å²) < 4.78 is 0. The molecule has 0 aromatic heterocycles. The van der Waals surface area contributed by atoms with Gasteiger partial charge in [-0.2, -0.15) is 0 Å². The van der Waals surface area contributed by atoms with E-state index in [-0.39, 0.29) is 5.91 Å². The minimum absolute atomic E-state index is 0.211. The number of nitrogens with two attached hydrogens (primary N) is 1. The van der Waals surface area contributed by atoms with Crippen molar-refractivity contribution >= 4 is 11.6 Å². The highest BCUT2D eigenvalue weighted by atomic mass is 16.2. The number of hydrogen-bond donors (Lipinski definition) is 2. The monoisotopic (exact) mass is 282 g/mol. The summed E-state index contributed by atoms with van der Waals surface area (Å²) in [5, 5.41) is 2.89. The van der Waals surface area contributed by atoms with E-state index in [0.29, 0.717) is 0 Å². The van der Waals surface area contributed by atoms with Crippen LogP contribution in [0.3, 0.4) is 0 Å². The fraction of sp³-hybridized carbons (Fsp3) is 0.278. The number of rotatable bonds is 5. The van der Waals surface area contributed by atoms with Gasteiger partial charge in [-0.1, -0.05) is 55.8 Å². The van der Waals surface area contributed by atoms with Crippen LogP contribution in [0.4, 0.5) is 5.69 Å². The SMILES string of the molecule is CCCc1ccc(NC(=O)C(C)(N)c2ccccc2)cc1. The molecule has 0 saturated heterocycles. The minimum Gasteiger partial charge on any atom is -0.324 e. The van der Waals surface area contributed by atoms with E-state index >= 15 is 0 Å². The second-order valence-corrected chi connectivity index (χ2v) is 5.47. The summed E-state index contributed by atoms with van der Waals surface area (Å²) in [5.74, 6) is -0.211. The summed E-state index contributed by atoms with van der Waals surface area (Å²) in [7, 11) is 0. The Morgan fingerprint density at radius 2 is 1.71 bits per heavy atom. The molecule has 2 rings (SSSR count). The number of carbonyl (C=O) groups excluding carboxylic acids is 1. The third kappa shape index (κ3) is 3.70. The largest absolute Gasteiger partial charge is 0.324 e. The first kappa shape index (κ1) is 15.3. The standard InChI is InChI=1S/C18H22N2O/c1-3-7-14-10-12-16(13-11-14)20-17(21)18(2,19)15-8-5-4-6-9-15/h4-6,8-13H,3,7,19H2,1-2H3,(H,20,21). The van der Waals surface area contributed by atoms with Crippen LogP contribution < -0.4 is 11.1 Å². The minimum atomic E-state index is -1.05. The van der Waals surface area contributed by atoms with E-state index in [9.17, 15) is 4.79 Å². The van der Waals surface area contributed by atoms with Gasteiger partial charge in [-0.3, -0.25) is 4.79 Å². The van der Waals surface area contributed by atoms with Gasteiger partial charge in [0.2, 0.25) is 5.91 Å². The Bertz CT molecular complexity index is 588. The van der Waals surface area contributed by atoms with E-state index in [2.05, 4.69) is 12.2 Å². The second kappa shape index (κ2) is 6.55. The van der Waals surface area contributed by atoms with E-state index in [1.165, 1.54) is 5.56 Å². The van der Waals surface area contributed by atoms with Crippen LogP contribution >= 0.6 is 0 Å². The van der Waals surface area contributed by atoms with Crippen molar-refractivity contribution in [2.45, 2.75) is 32.2 Å². The van der Waals surface area contributed by atoms with Crippen LogP contribution in [0.25, 0.3) is 0 Å². The molecule has 1 amide bonds. The number of aryl methyl sites for hydroxylation is 1. The van der Waals surface area contributed by atoms with Crippen molar-refractivity contribution in [3.63, 3.8) is 0 Å². The van der Waals surface area contributed by atoms with Crippen molar-refractivity contribution in [3.05, 3.63) is 65.7 Å². The van der Waals surface area contributed by atoms with Gasteiger partial charge < -0.3 is 11.1 Å². The van der Waals surface area contributed by atoms with Crippen molar-refractivity contribution in [3.8, 4) is 0 Å². The van der Waals surface area contributed by atoms with Crippen LogP contribution in [0.5, 0.6) is 0 Å². The van der Waals surface area contributed by atoms with Gasteiger partial charge in [-0.15, -0.1) is 0 Å². The van der Waals surface area contributed by atoms with Crippen molar-refractivity contribution in [2.75, 3.05) is 5.32 Å². The molecule has 1 unspecified atom stereocenters. The zero-order valence-electron chi connectivity index (χ0n) is 12.6. The Morgan fingerprint density at radius 3 is 2.29 bits per heavy atom. The molecule has 0 saturated carbocycles. The smallest absolute Gasteiger partial charge is 0.248 e. The summed E-state index contributed by atoms with van der Waals surface area (Å²) in [6.45, 7) is 3.87. The van der Waals surface area contributed by atoms with Gasteiger partial charge in [-0.05, 0) is 36.6 Å². The van der Waals surface area contributed by atoms with Gasteiger partial charge in [0, 0.05) is 5.69 Å². The third-order valence-corrected chi connectivity index (χ3v) is 3.60. The van der Waals surface area contributed by atoms with Crippen LogP contribution in [0.15, 0.2) is 54.6 Å². The Morgan fingerprint density at radius 1 is 1.10 bits per heavy atom. The third-order valence-electron chi connectivity index (χ3n) is 3.60. The molecule has 0 radical (unpaired) electrons. The maximum atomic E-state index is 12.4. The normalized spacial score (nSPS) is 13.5. The molecule has 0 aliphatic heterocycles. The van der Waals surface area contributed by atoms with Gasteiger partial charge >= 0.3 is 0 Å². The first-order valence-corrected chi connectivity index (χ1v) is 7.29. The molecule has 0 spiro atoms. The maximum Gasteiger partial charge on any atom is 0.248 e. The molecule has 3 nitrogen and oxygen atoms in total. The van der Waals surface area contributed by atoms with Crippen molar-refractivity contribution in [1.82, 2.24) is 0 Å². The molecular formula is C18H22N2O. The van der Waals surface area contributed by atoms with Crippen LogP contribution in [-0.4, -0.2) is 5.91 Å². The molecule has 0 heterocycles. The lowest BCUT2D eigenvalue weighted by atomic mass is 9.92. The Balaban J connectivity index is 2.10. The quantitative estimate of drug-likeness (QED) is 0.882. The fourth-order valence-corrected chi connectivity index (χ4v) is 2.22. The predicted molar refractivity (Wildman–Crippen MR) is 87.0 cm³/mol. The summed E-state index contributed by atoms with van der Waals surface area (Å²) in [5.41, 5.74) is 7.98. The summed E-state index contributed by atoms with van der Waals surface area (Å²) in [4.78, 5) is 12.4. The van der Waals surface area contributed by atoms with E-state index in [1.807, 2.05) is 54.6 Å². The van der Waals surface area contributed by atoms with Crippen LogP contribution in [0, 0.1) is 0 Å². The van der Waals surface area contributed by atoms with Crippen LogP contribution in [0.1, 0.15) is 31.4 Å². The molecule has 110 valence electrons. The molecule has 21 heavy (non-hydrogen) atoms. The lowest BCUT2D eigenvalue weighted by molar-refractivity contribution is -0.120. The first-order valence-electron chi connectivity index (χ1n) is 7.29. The summed E-state index contributed by atoms with van der Waals surface area (Å²) in [6, 6.07) is 17.3. The van der Waals surface area contributed by atoms with Crippen molar-refractivity contribution < 1.29 is 4.79 Å². The number of benzene rings is 2. The fourth-order valence-electron chi connectivity index (χ4n) is 2.22. The van der Waals surface area contributed by atoms with Crippen LogP contribution in [0.2, 0.25) is 0 Å². The maximum absolute atomic E-state index is 12.4. The Labute approximate surface area is 126 Å². The molecule has 0 bridgehead atoms. The second-order valence-electron chi connectivity index (χ2n) is 5.47. The number of amides is 1. The molecule has 0 aliphatic rings. The highest BCUT2D eigenvalue weighted by molar-refractivity contribution is 5.98. The van der Waals surface area contributed by atoms with E-state index in [4.69, 9.17) is 5.73 Å². The molecule has 2 aromatic carbocycles. The molecule has 0 fully saturated rings. The molecule has 1 atom stereocenters. The van der Waals surface area contributed by atoms with Gasteiger partial charge in [0.1, 0.15) is 5.54 Å². The van der Waals surface area contributed by atoms with Crippen LogP contribution in [-0.2, 0) is 16.8 Å². The predicted octanol–water partition coefficient (Wildman–Crippen LogP) is 3.45. The van der Waals surface area contributed by atoms with Gasteiger partial charge in [0.05, 0.1) is 0 Å². The average Bonchev–Trinajstić information content (AvgIpc) is 2.50. The number of hydrogen-bond acceptors (Lipinski definition) is 2. The van der Waals surface area contributed by atoms with E-state index in [1.54, 1.807) is 6.92 Å². The molecular weight excluding hydrogens is 260 g/mol. The van der Waals surface area contributed by atoms with E-state index < -0.39 is 5.54 Å². The lowest BCUT2D eigenvalue weighted by Crippen LogP contribution is -2.45. The molecule has 2 aromatic rings. The van der Waals surface area contributed by atoms with E-state index in [0.717, 1.165) is 24.1 Å². The summed E-state index contributed by atoms with van der Waals surface area (Å²) in [6.07, 6.45) is 2.16. The zero-order chi connectivity index (χ0) is 15.3. The Hall–Kier alpha value is -2.13. The number of anilines is 1. The highest BCUT2D eigenvalue weighted by Crippen LogP contribution is 2.20. The average molecular weight is 282 g/mol. The van der Waals surface area contributed by atoms with Crippen molar-refractivity contribution in [2.24, 2.45) is 5.73 Å². The topological polar surface area (TPSA) is 55.1 Å². The first-order chi connectivity index (χ1) is 10.0.